The fourth-order valence-electron chi connectivity index (χ4n) is 3.61. The Morgan fingerprint density at radius 1 is 1.00 bits per heavy atom. The van der Waals surface area contributed by atoms with Crippen LogP contribution in [-0.4, -0.2) is 4.98 Å². The van der Waals surface area contributed by atoms with Crippen LogP contribution in [0.1, 0.15) is 63.5 Å². The van der Waals surface area contributed by atoms with Crippen LogP contribution < -0.4 is 0 Å². The summed E-state index contributed by atoms with van der Waals surface area (Å²) in [7, 11) is 0. The Hall–Kier alpha value is -1.11. The third-order valence-corrected chi connectivity index (χ3v) is 4.57. The van der Waals surface area contributed by atoms with E-state index >= 15 is 0 Å². The van der Waals surface area contributed by atoms with Gasteiger partial charge in [-0.2, -0.15) is 0 Å². The average molecular weight is 241 g/mol. The number of pyridine rings is 1. The van der Waals surface area contributed by atoms with E-state index in [1.54, 1.807) is 11.1 Å². The molecule has 0 aliphatic heterocycles. The van der Waals surface area contributed by atoms with E-state index < -0.39 is 0 Å². The van der Waals surface area contributed by atoms with Crippen LogP contribution in [0.5, 0.6) is 0 Å². The molecule has 1 nitrogen and oxygen atoms in total. The molecule has 18 heavy (non-hydrogen) atoms. The van der Waals surface area contributed by atoms with Gasteiger partial charge in [-0.25, -0.2) is 0 Å². The molecule has 1 fully saturated rings. The largest absolute Gasteiger partial charge is 0.257 e. The molecule has 0 bridgehead atoms. The van der Waals surface area contributed by atoms with E-state index in [1.165, 1.54) is 63.5 Å². The predicted molar refractivity (Wildman–Crippen MR) is 76.2 cm³/mol. The maximum atomic E-state index is 4.57. The highest BCUT2D eigenvalue weighted by Crippen LogP contribution is 2.38. The van der Waals surface area contributed by atoms with E-state index in [1.807, 2.05) is 12.3 Å². The smallest absolute Gasteiger partial charge is 0.0661 e. The molecule has 0 spiro atoms. The average Bonchev–Trinajstić information content (AvgIpc) is 2.93. The zero-order valence-corrected chi connectivity index (χ0v) is 11.2. The fourth-order valence-corrected chi connectivity index (χ4v) is 3.61. The van der Waals surface area contributed by atoms with E-state index in [-0.39, 0.29) is 0 Å². The van der Waals surface area contributed by atoms with Gasteiger partial charge in [0.2, 0.25) is 0 Å². The number of aromatic nitrogens is 1. The molecule has 1 aromatic rings. The molecule has 2 aliphatic carbocycles. The van der Waals surface area contributed by atoms with Gasteiger partial charge in [-0.05, 0) is 55.7 Å². The molecule has 2 aliphatic rings. The van der Waals surface area contributed by atoms with Crippen molar-refractivity contribution in [1.29, 1.82) is 0 Å². The van der Waals surface area contributed by atoms with E-state index in [0.29, 0.717) is 0 Å². The summed E-state index contributed by atoms with van der Waals surface area (Å²) in [6.07, 6.45) is 14.4. The van der Waals surface area contributed by atoms with Crippen LogP contribution in [0, 0.1) is 5.92 Å². The Kier molecular flexibility index (Phi) is 3.78. The summed E-state index contributed by atoms with van der Waals surface area (Å²) in [6.45, 7) is 0. The van der Waals surface area contributed by atoms with Crippen molar-refractivity contribution in [3.05, 3.63) is 35.7 Å². The predicted octanol–water partition coefficient (Wildman–Crippen LogP) is 4.99. The van der Waals surface area contributed by atoms with Crippen molar-refractivity contribution in [2.75, 3.05) is 0 Å². The van der Waals surface area contributed by atoms with Crippen molar-refractivity contribution in [1.82, 2.24) is 4.98 Å². The number of allylic oxidation sites excluding steroid dienone is 2. The van der Waals surface area contributed by atoms with Crippen LogP contribution in [0.4, 0.5) is 0 Å². The Bertz CT molecular complexity index is 412. The maximum absolute atomic E-state index is 4.57. The Balaban J connectivity index is 1.83. The summed E-state index contributed by atoms with van der Waals surface area (Å²) in [6, 6.07) is 6.33. The molecule has 0 saturated heterocycles. The van der Waals surface area contributed by atoms with Gasteiger partial charge < -0.3 is 0 Å². The Labute approximate surface area is 110 Å². The molecule has 0 aromatic carbocycles. The minimum atomic E-state index is 0.969. The summed E-state index contributed by atoms with van der Waals surface area (Å²) in [5.41, 5.74) is 4.55. The molecule has 1 aromatic heterocycles. The van der Waals surface area contributed by atoms with Crippen LogP contribution in [0.15, 0.2) is 30.0 Å². The number of nitrogens with zero attached hydrogens (tertiary/aromatic N) is 1. The lowest BCUT2D eigenvalue weighted by atomic mass is 9.84. The van der Waals surface area contributed by atoms with Crippen LogP contribution in [0.3, 0.4) is 0 Å². The molecular formula is C17H23N. The molecule has 0 unspecified atom stereocenters. The third kappa shape index (κ3) is 2.66. The zero-order valence-electron chi connectivity index (χ0n) is 11.2. The maximum Gasteiger partial charge on any atom is 0.0661 e. The Morgan fingerprint density at radius 3 is 2.61 bits per heavy atom. The highest BCUT2D eigenvalue weighted by Gasteiger charge is 2.21. The van der Waals surface area contributed by atoms with E-state index in [4.69, 9.17) is 0 Å². The molecular weight excluding hydrogens is 218 g/mol. The van der Waals surface area contributed by atoms with Crippen LogP contribution in [0.25, 0.3) is 5.57 Å². The highest BCUT2D eigenvalue weighted by atomic mass is 14.7. The second kappa shape index (κ2) is 5.69. The number of rotatable bonds is 3. The first-order valence-electron chi connectivity index (χ1n) is 7.56. The quantitative estimate of drug-likeness (QED) is 0.726. The molecule has 3 rings (SSSR count). The standard InChI is InChI=1S/C17H23N/c1-2-8-14(7-1)13-15-9-3-4-10-16(15)17-11-5-6-12-18-17/h5-6,11-12,14H,1-4,7-10,13H2. The monoisotopic (exact) mass is 241 g/mol. The van der Waals surface area contributed by atoms with Crippen molar-refractivity contribution in [3.63, 3.8) is 0 Å². The van der Waals surface area contributed by atoms with Gasteiger partial charge in [0.05, 0.1) is 5.69 Å². The zero-order chi connectivity index (χ0) is 12.2. The van der Waals surface area contributed by atoms with Gasteiger partial charge in [0.15, 0.2) is 0 Å². The molecule has 1 heterocycles. The molecule has 0 amide bonds. The van der Waals surface area contributed by atoms with Crippen molar-refractivity contribution in [2.24, 2.45) is 5.92 Å². The van der Waals surface area contributed by atoms with Gasteiger partial charge in [-0.3, -0.25) is 4.98 Å². The summed E-state index contributed by atoms with van der Waals surface area (Å²) < 4.78 is 0. The topological polar surface area (TPSA) is 12.9 Å². The van der Waals surface area contributed by atoms with Gasteiger partial charge >= 0.3 is 0 Å². The number of hydrogen-bond acceptors (Lipinski definition) is 1. The van der Waals surface area contributed by atoms with E-state index in [2.05, 4.69) is 17.1 Å². The van der Waals surface area contributed by atoms with Gasteiger partial charge in [0, 0.05) is 6.20 Å². The fraction of sp³-hybridized carbons (Fsp3) is 0.588. The first kappa shape index (κ1) is 12.0. The summed E-state index contributed by atoms with van der Waals surface area (Å²) in [5.74, 6) is 0.969. The van der Waals surface area contributed by atoms with Gasteiger partial charge in [-0.15, -0.1) is 0 Å². The van der Waals surface area contributed by atoms with Crippen LogP contribution in [0.2, 0.25) is 0 Å². The first-order chi connectivity index (χ1) is 8.93. The summed E-state index contributed by atoms with van der Waals surface area (Å²) >= 11 is 0. The van der Waals surface area contributed by atoms with Crippen LogP contribution in [-0.2, 0) is 0 Å². The minimum absolute atomic E-state index is 0.969. The lowest BCUT2D eigenvalue weighted by Gasteiger charge is -2.22. The van der Waals surface area contributed by atoms with Gasteiger partial charge in [0.1, 0.15) is 0 Å². The molecule has 1 heteroatoms. The minimum Gasteiger partial charge on any atom is -0.257 e. The number of hydrogen-bond donors (Lipinski definition) is 0. The van der Waals surface area contributed by atoms with Gasteiger partial charge in [0.25, 0.3) is 0 Å². The third-order valence-electron chi connectivity index (χ3n) is 4.57. The summed E-state index contributed by atoms with van der Waals surface area (Å²) in [4.78, 5) is 4.57. The van der Waals surface area contributed by atoms with Crippen molar-refractivity contribution in [3.8, 4) is 0 Å². The lowest BCUT2D eigenvalue weighted by Crippen LogP contribution is -2.05. The van der Waals surface area contributed by atoms with E-state index in [9.17, 15) is 0 Å². The molecule has 0 radical (unpaired) electrons. The molecule has 0 N–H and O–H groups in total. The van der Waals surface area contributed by atoms with E-state index in [0.717, 1.165) is 5.92 Å². The Morgan fingerprint density at radius 2 is 1.83 bits per heavy atom. The first-order valence-corrected chi connectivity index (χ1v) is 7.56. The molecule has 96 valence electrons. The molecule has 1 saturated carbocycles. The van der Waals surface area contributed by atoms with Crippen molar-refractivity contribution < 1.29 is 0 Å². The van der Waals surface area contributed by atoms with Crippen molar-refractivity contribution >= 4 is 5.57 Å². The SMILES string of the molecule is c1ccc(C2=C(CC3CCCC3)CCCC2)nc1. The second-order valence-electron chi connectivity index (χ2n) is 5.86. The van der Waals surface area contributed by atoms with Gasteiger partial charge in [-0.1, -0.05) is 37.3 Å². The van der Waals surface area contributed by atoms with Crippen LogP contribution >= 0.6 is 0 Å². The summed E-state index contributed by atoms with van der Waals surface area (Å²) in [5, 5.41) is 0. The van der Waals surface area contributed by atoms with Crippen molar-refractivity contribution in [2.45, 2.75) is 57.8 Å². The second-order valence-corrected chi connectivity index (χ2v) is 5.86. The molecule has 0 atom stereocenters. The normalized spacial score (nSPS) is 21.6. The highest BCUT2D eigenvalue weighted by molar-refractivity contribution is 5.66. The lowest BCUT2D eigenvalue weighted by molar-refractivity contribution is 0.522.